The van der Waals surface area contributed by atoms with Crippen LogP contribution in [0.15, 0.2) is 39.9 Å². The summed E-state index contributed by atoms with van der Waals surface area (Å²) in [7, 11) is 1.50. The zero-order valence-electron chi connectivity index (χ0n) is 17.4. The molecule has 2 N–H and O–H groups in total. The highest BCUT2D eigenvalue weighted by Crippen LogP contribution is 2.20. The number of carbonyl (C=O) groups is 1. The van der Waals surface area contributed by atoms with E-state index in [-0.39, 0.29) is 17.7 Å². The Morgan fingerprint density at radius 2 is 1.90 bits per heavy atom. The maximum absolute atomic E-state index is 13.4. The number of carbonyl (C=O) groups excluding carboxylic acids is 1. The molecule has 3 heterocycles. The lowest BCUT2D eigenvalue weighted by molar-refractivity contribution is 0.251. The molecular formula is C21H23N7O3. The molecule has 1 saturated heterocycles. The Balaban J connectivity index is 1.91. The summed E-state index contributed by atoms with van der Waals surface area (Å²) in [4.78, 5) is 45.8. The van der Waals surface area contributed by atoms with Gasteiger partial charge in [0.1, 0.15) is 0 Å². The van der Waals surface area contributed by atoms with Gasteiger partial charge in [-0.15, -0.1) is 5.92 Å². The van der Waals surface area contributed by atoms with Crippen molar-refractivity contribution in [3.63, 3.8) is 0 Å². The van der Waals surface area contributed by atoms with Crippen LogP contribution in [0, 0.1) is 11.8 Å². The monoisotopic (exact) mass is 421 g/mol. The molecule has 0 saturated carbocycles. The third-order valence-electron chi connectivity index (χ3n) is 5.17. The van der Waals surface area contributed by atoms with E-state index in [1.807, 2.05) is 4.90 Å². The largest absolute Gasteiger partial charge is 0.340 e. The summed E-state index contributed by atoms with van der Waals surface area (Å²) in [5, 5.41) is 5.88. The van der Waals surface area contributed by atoms with Crippen LogP contribution in [-0.4, -0.2) is 50.9 Å². The second kappa shape index (κ2) is 8.49. The molecule has 1 aliphatic heterocycles. The first kappa shape index (κ1) is 20.4. The zero-order chi connectivity index (χ0) is 22.0. The van der Waals surface area contributed by atoms with Crippen LogP contribution in [-0.2, 0) is 13.6 Å². The number of aromatic nitrogens is 4. The molecule has 0 radical (unpaired) electrons. The molecule has 0 spiro atoms. The van der Waals surface area contributed by atoms with E-state index in [0.717, 1.165) is 13.1 Å². The van der Waals surface area contributed by atoms with E-state index in [2.05, 4.69) is 27.5 Å². The maximum Gasteiger partial charge on any atom is 0.340 e. The molecule has 2 aromatic heterocycles. The smallest absolute Gasteiger partial charge is 0.340 e. The van der Waals surface area contributed by atoms with Gasteiger partial charge < -0.3 is 15.5 Å². The first-order valence-corrected chi connectivity index (χ1v) is 9.97. The topological polar surface area (TPSA) is 106 Å². The van der Waals surface area contributed by atoms with Gasteiger partial charge >= 0.3 is 11.7 Å². The number of rotatable bonds is 3. The van der Waals surface area contributed by atoms with Gasteiger partial charge in [0.05, 0.1) is 6.54 Å². The molecular weight excluding hydrogens is 398 g/mol. The average molecular weight is 421 g/mol. The number of nitrogens with zero attached hydrogens (tertiary/aromatic N) is 5. The molecule has 1 aliphatic rings. The summed E-state index contributed by atoms with van der Waals surface area (Å²) in [5.74, 6) is 6.36. The second-order valence-corrected chi connectivity index (χ2v) is 7.11. The van der Waals surface area contributed by atoms with Crippen molar-refractivity contribution < 1.29 is 4.79 Å². The van der Waals surface area contributed by atoms with Crippen molar-refractivity contribution >= 4 is 28.8 Å². The summed E-state index contributed by atoms with van der Waals surface area (Å²) in [6.07, 6.45) is 0. The Hall–Kier alpha value is -3.84. The molecule has 10 heteroatoms. The van der Waals surface area contributed by atoms with Crippen LogP contribution >= 0.6 is 0 Å². The van der Waals surface area contributed by atoms with E-state index >= 15 is 0 Å². The van der Waals surface area contributed by atoms with E-state index in [4.69, 9.17) is 0 Å². The first-order chi connectivity index (χ1) is 15.0. The molecule has 3 aromatic rings. The Bertz CT molecular complexity index is 1300. The highest BCUT2D eigenvalue weighted by Gasteiger charge is 2.26. The highest BCUT2D eigenvalue weighted by molar-refractivity contribution is 5.92. The minimum Gasteiger partial charge on any atom is -0.340 e. The van der Waals surface area contributed by atoms with Crippen molar-refractivity contribution in [1.29, 1.82) is 0 Å². The van der Waals surface area contributed by atoms with Crippen molar-refractivity contribution in [3.8, 4) is 11.8 Å². The summed E-state index contributed by atoms with van der Waals surface area (Å²) < 4.78 is 3.52. The quantitative estimate of drug-likeness (QED) is 0.594. The van der Waals surface area contributed by atoms with Crippen LogP contribution in [0.3, 0.4) is 0 Å². The molecule has 1 aromatic carbocycles. The Labute approximate surface area is 178 Å². The van der Waals surface area contributed by atoms with Gasteiger partial charge in [-0.1, -0.05) is 24.1 Å². The van der Waals surface area contributed by atoms with Gasteiger partial charge in [-0.3, -0.25) is 13.9 Å². The second-order valence-electron chi connectivity index (χ2n) is 7.11. The minimum absolute atomic E-state index is 0.168. The fraction of sp³-hybridized carbons (Fsp3) is 0.333. The maximum atomic E-state index is 13.4. The number of benzene rings is 1. The van der Waals surface area contributed by atoms with Crippen molar-refractivity contribution in [2.24, 2.45) is 7.05 Å². The number of fused-ring (bicyclic) bond motifs is 1. The number of aryl methyl sites for hydroxylation is 1. The standard InChI is InChI=1S/C21H23N7O3/c1-3-4-12-27-16-17(24-19(27)26-13-10-22-11-14-26)25(2)21(31)28(18(16)29)20(30)23-15-8-6-5-7-9-15/h5-9,22H,10-14H2,1-2H3,(H,23,30). The SMILES string of the molecule is CC#CCn1c(N2CCNCC2)nc2c1c(=O)n(C(=O)Nc1ccccc1)c(=O)n2C. The van der Waals surface area contributed by atoms with Crippen LogP contribution in [0.5, 0.6) is 0 Å². The predicted octanol–water partition coefficient (Wildman–Crippen LogP) is 0.410. The first-order valence-electron chi connectivity index (χ1n) is 9.97. The molecule has 0 unspecified atom stereocenters. The van der Waals surface area contributed by atoms with Crippen molar-refractivity contribution in [1.82, 2.24) is 24.0 Å². The average Bonchev–Trinajstić information content (AvgIpc) is 3.17. The van der Waals surface area contributed by atoms with Crippen LogP contribution in [0.25, 0.3) is 11.2 Å². The van der Waals surface area contributed by atoms with Crippen molar-refractivity contribution in [2.75, 3.05) is 36.4 Å². The summed E-state index contributed by atoms with van der Waals surface area (Å²) in [6, 6.07) is 7.83. The summed E-state index contributed by atoms with van der Waals surface area (Å²) >= 11 is 0. The molecule has 31 heavy (non-hydrogen) atoms. The number of piperazine rings is 1. The van der Waals surface area contributed by atoms with Gasteiger partial charge in [0.15, 0.2) is 11.2 Å². The van der Waals surface area contributed by atoms with Gasteiger partial charge in [-0.25, -0.2) is 9.59 Å². The van der Waals surface area contributed by atoms with Crippen LogP contribution in [0.1, 0.15) is 6.92 Å². The molecule has 4 rings (SSSR count). The van der Waals surface area contributed by atoms with E-state index in [1.165, 1.54) is 11.6 Å². The lowest BCUT2D eigenvalue weighted by atomic mass is 10.3. The number of hydrogen-bond donors (Lipinski definition) is 2. The third kappa shape index (κ3) is 3.71. The lowest BCUT2D eigenvalue weighted by Crippen LogP contribution is -2.45. The van der Waals surface area contributed by atoms with Crippen LogP contribution in [0.2, 0.25) is 0 Å². The predicted molar refractivity (Wildman–Crippen MR) is 119 cm³/mol. The van der Waals surface area contributed by atoms with E-state index in [0.29, 0.717) is 29.3 Å². The number of anilines is 2. The van der Waals surface area contributed by atoms with Crippen molar-refractivity contribution in [3.05, 3.63) is 51.2 Å². The minimum atomic E-state index is -0.822. The Morgan fingerprint density at radius 1 is 1.19 bits per heavy atom. The molecule has 0 atom stereocenters. The summed E-state index contributed by atoms with van der Waals surface area (Å²) in [6.45, 7) is 4.92. The van der Waals surface area contributed by atoms with Crippen LogP contribution in [0.4, 0.5) is 16.4 Å². The third-order valence-corrected chi connectivity index (χ3v) is 5.17. The highest BCUT2D eigenvalue weighted by atomic mass is 16.2. The van der Waals surface area contributed by atoms with E-state index in [1.54, 1.807) is 41.8 Å². The normalized spacial score (nSPS) is 13.7. The zero-order valence-corrected chi connectivity index (χ0v) is 17.4. The molecule has 1 fully saturated rings. The van der Waals surface area contributed by atoms with Gasteiger partial charge in [-0.05, 0) is 19.1 Å². The number of nitrogens with one attached hydrogen (secondary N) is 2. The molecule has 0 bridgehead atoms. The van der Waals surface area contributed by atoms with Crippen LogP contribution < -0.4 is 26.8 Å². The fourth-order valence-electron chi connectivity index (χ4n) is 3.60. The Morgan fingerprint density at radius 3 is 2.58 bits per heavy atom. The molecule has 0 aliphatic carbocycles. The van der Waals surface area contributed by atoms with Gasteiger partial charge in [0.25, 0.3) is 5.56 Å². The lowest BCUT2D eigenvalue weighted by Gasteiger charge is -2.28. The molecule has 1 amide bonds. The number of para-hydroxylation sites is 1. The van der Waals surface area contributed by atoms with Gasteiger partial charge in [0.2, 0.25) is 5.95 Å². The number of amides is 1. The van der Waals surface area contributed by atoms with E-state index < -0.39 is 17.3 Å². The fourth-order valence-corrected chi connectivity index (χ4v) is 3.60. The van der Waals surface area contributed by atoms with Crippen molar-refractivity contribution in [2.45, 2.75) is 13.5 Å². The Kier molecular flexibility index (Phi) is 5.60. The van der Waals surface area contributed by atoms with Gasteiger partial charge in [-0.2, -0.15) is 9.55 Å². The van der Waals surface area contributed by atoms with Gasteiger partial charge in [0, 0.05) is 38.9 Å². The number of imidazole rings is 1. The molecule has 10 nitrogen and oxygen atoms in total. The molecule has 160 valence electrons. The van der Waals surface area contributed by atoms with E-state index in [9.17, 15) is 14.4 Å². The number of hydrogen-bond acceptors (Lipinski definition) is 6. The summed E-state index contributed by atoms with van der Waals surface area (Å²) in [5.41, 5.74) is -0.609.